The Hall–Kier alpha value is -7.91. The summed E-state index contributed by atoms with van der Waals surface area (Å²) in [6, 6.07) is 35.5. The number of anilines is 4. The predicted octanol–water partition coefficient (Wildman–Crippen LogP) is 22.5. The van der Waals surface area contributed by atoms with Gasteiger partial charge in [-0.15, -0.1) is 48.1 Å². The molecule has 1 aliphatic heterocycles. The Kier molecular flexibility index (Phi) is 10.7. The van der Waals surface area contributed by atoms with Gasteiger partial charge >= 0.3 is 0 Å². The van der Waals surface area contributed by atoms with Crippen molar-refractivity contribution < 1.29 is 47.7 Å². The number of aromatic nitrogens is 1. The number of ether oxygens (including phenoxy) is 1. The molecule has 0 amide bonds. The van der Waals surface area contributed by atoms with Crippen LogP contribution in [0.3, 0.4) is 0 Å². The van der Waals surface area contributed by atoms with Crippen molar-refractivity contribution in [3.05, 3.63) is 252 Å². The first-order valence-corrected chi connectivity index (χ1v) is 29.1. The van der Waals surface area contributed by atoms with Gasteiger partial charge in [0.2, 0.25) is 0 Å². The minimum absolute atomic E-state index is 0. The van der Waals surface area contributed by atoms with Crippen molar-refractivity contribution in [2.45, 2.75) is 130 Å². The second-order valence-electron chi connectivity index (χ2n) is 27.0. The van der Waals surface area contributed by atoms with Crippen LogP contribution in [0.2, 0.25) is 0 Å². The Labute approximate surface area is 548 Å². The molecule has 0 saturated heterocycles. The molecule has 13 rings (SSSR count). The third kappa shape index (κ3) is 10.7. The van der Waals surface area contributed by atoms with Gasteiger partial charge in [0, 0.05) is 72.0 Å². The topological polar surface area (TPSA) is 20.6 Å². The average molecular weight is 1320 g/mol. The van der Waals surface area contributed by atoms with E-state index in [1.54, 1.807) is 26.8 Å². The van der Waals surface area contributed by atoms with Gasteiger partial charge in [0.1, 0.15) is 0 Å². The zero-order chi connectivity index (χ0) is 73.3. The molecule has 0 atom stereocenters. The smallest absolute Gasteiger partial charge is 0.0632 e. The van der Waals surface area contributed by atoms with Crippen molar-refractivity contribution in [1.29, 1.82) is 0 Å². The van der Waals surface area contributed by atoms with E-state index < -0.39 is 87.0 Å². The number of para-hydroxylation sites is 3. The summed E-state index contributed by atoms with van der Waals surface area (Å²) in [5.41, 5.74) is 4.38. The Morgan fingerprint density at radius 1 is 0.488 bits per heavy atom. The molecular formula is C81H78N3OPt-3. The number of fused-ring (bicyclic) bond motifs is 5. The normalized spacial score (nSPS) is 17.3. The minimum Gasteiger partial charge on any atom is -0.509 e. The maximum absolute atomic E-state index is 10.5. The fraction of sp³-hybridized carbons (Fsp3) is 0.247. The molecule has 0 fully saturated rings. The van der Waals surface area contributed by atoms with E-state index in [1.165, 1.54) is 0 Å². The van der Waals surface area contributed by atoms with E-state index in [2.05, 4.69) is 44.4 Å². The van der Waals surface area contributed by atoms with Crippen LogP contribution >= 0.6 is 0 Å². The van der Waals surface area contributed by atoms with Gasteiger partial charge in [0.05, 0.1) is 21.9 Å². The van der Waals surface area contributed by atoms with E-state index >= 15 is 0 Å². The Morgan fingerprint density at radius 3 is 1.74 bits per heavy atom. The average Bonchev–Trinajstić information content (AvgIpc) is 0.860. The molecule has 11 aromatic rings. The number of rotatable bonds is 9. The van der Waals surface area contributed by atoms with Gasteiger partial charge in [-0.25, -0.2) is 0 Å². The van der Waals surface area contributed by atoms with Crippen molar-refractivity contribution in [1.82, 2.24) is 4.57 Å². The van der Waals surface area contributed by atoms with Crippen molar-refractivity contribution in [3.8, 4) is 61.7 Å². The molecule has 0 saturated carbocycles. The minimum atomic E-state index is -0.816. The van der Waals surface area contributed by atoms with E-state index in [1.807, 2.05) is 161 Å². The van der Waals surface area contributed by atoms with E-state index in [4.69, 9.17) is 14.3 Å². The summed E-state index contributed by atoms with van der Waals surface area (Å²) in [5.74, 6) is 0.675. The molecule has 0 radical (unpaired) electrons. The zero-order valence-corrected chi connectivity index (χ0v) is 53.2. The van der Waals surface area contributed by atoms with Gasteiger partial charge in [0.25, 0.3) is 0 Å². The van der Waals surface area contributed by atoms with Crippen LogP contribution in [0.1, 0.15) is 153 Å². The number of hydrogen-bond acceptors (Lipinski definition) is 3. The van der Waals surface area contributed by atoms with Crippen molar-refractivity contribution in [2.75, 3.05) is 9.80 Å². The molecule has 436 valence electrons. The third-order valence-electron chi connectivity index (χ3n) is 16.8. The van der Waals surface area contributed by atoms with Gasteiger partial charge in [-0.05, 0) is 149 Å². The first-order valence-electron chi connectivity index (χ1n) is 37.1. The van der Waals surface area contributed by atoms with Gasteiger partial charge in [-0.1, -0.05) is 229 Å². The van der Waals surface area contributed by atoms with E-state index in [0.717, 1.165) is 34.0 Å². The first kappa shape index (κ1) is 42.0. The van der Waals surface area contributed by atoms with E-state index in [9.17, 15) is 12.3 Å². The SMILES string of the molecule is [2H]c1c([2H])c([2H])c(-c2ccc(-n3c4[c-]c(Oc5[c-]c(N6[CH-]N(c7c(-c8c([2H])c([2H])c(-c9c([2H])c([2H])c(C(C)(C)C)c([2H])c9[2H])c([2H])c8[2H])cc(C(C)(C)C)cc7-c7c([2H])c([2H])c8c(c7[2H])C(C)(C)CCC8(C)C)c7ccccc76)ccc5)ccc4c4ccccc43)cc2C(C)(C)C)c([2H])c1[2H].[Pt]. The van der Waals surface area contributed by atoms with Crippen LogP contribution in [0.25, 0.3) is 72.0 Å². The molecule has 4 nitrogen and oxygen atoms in total. The summed E-state index contributed by atoms with van der Waals surface area (Å²) >= 11 is 0. The fourth-order valence-corrected chi connectivity index (χ4v) is 11.9. The third-order valence-corrected chi connectivity index (χ3v) is 16.8. The maximum atomic E-state index is 10.5. The standard InChI is InChI=1S/C81H78N3O.Pt/c1-77(2,3)58-37-34-54(35-38-58)53-30-32-56(33-31-53)67-47-59(78(4,5)6)48-68(57-36-43-69-71(46-57)81(12,13)45-44-80(69,10)11)76(67)83-52-82(73-28-19-20-29-74(73)83)60-24-21-25-62(49-60)85-63-40-42-66-65-26-17-18-27-72(65)84(75(66)51-63)61-39-41-64(55-22-15-14-16-23-55)70(50-61)79(7,8)9;/h14-43,46-48,50,52H,44-45H2,1-13H3;/q-3;/i14D,15D,16D,22D,23D,30D,31D,32D,33D,34D,35D,36D,37D,38D,43D,46D;. The quantitative estimate of drug-likeness (QED) is 0.134. The monoisotopic (exact) mass is 1320 g/mol. The Balaban J connectivity index is 0.00000982. The predicted molar refractivity (Wildman–Crippen MR) is 360 cm³/mol. The molecule has 2 heterocycles. The van der Waals surface area contributed by atoms with Crippen LogP contribution in [-0.4, -0.2) is 4.57 Å². The van der Waals surface area contributed by atoms with Gasteiger partial charge in [-0.3, -0.25) is 0 Å². The summed E-state index contributed by atoms with van der Waals surface area (Å²) in [4.78, 5) is 3.76. The van der Waals surface area contributed by atoms with Crippen LogP contribution in [0.4, 0.5) is 22.7 Å². The second-order valence-corrected chi connectivity index (χ2v) is 27.0. The molecule has 2 aliphatic rings. The largest absolute Gasteiger partial charge is 0.509 e. The molecule has 1 aliphatic carbocycles. The zero-order valence-electron chi connectivity index (χ0n) is 66.9. The molecule has 1 aromatic heterocycles. The number of nitrogens with zero attached hydrogens (tertiary/aromatic N) is 3. The maximum Gasteiger partial charge on any atom is 0.0632 e. The summed E-state index contributed by atoms with van der Waals surface area (Å²) in [5, 5.41) is 1.83. The summed E-state index contributed by atoms with van der Waals surface area (Å²) in [6.45, 7) is 27.5. The van der Waals surface area contributed by atoms with Crippen LogP contribution in [0.5, 0.6) is 11.5 Å². The molecule has 0 spiro atoms. The molecule has 0 bridgehead atoms. The summed E-state index contributed by atoms with van der Waals surface area (Å²) in [6.07, 6.45) is 1.44. The molecule has 0 unspecified atom stereocenters. The van der Waals surface area contributed by atoms with Crippen molar-refractivity contribution in [3.63, 3.8) is 0 Å². The van der Waals surface area contributed by atoms with Gasteiger partial charge < -0.3 is 19.1 Å². The summed E-state index contributed by atoms with van der Waals surface area (Å²) < 4.78 is 159. The Bertz CT molecular complexity index is 5280. The van der Waals surface area contributed by atoms with Crippen LogP contribution in [-0.2, 0) is 48.1 Å². The fourth-order valence-electron chi connectivity index (χ4n) is 11.9. The molecule has 0 N–H and O–H groups in total. The van der Waals surface area contributed by atoms with E-state index in [-0.39, 0.29) is 102 Å². The molecule has 86 heavy (non-hydrogen) atoms. The molecule has 10 aromatic carbocycles. The van der Waals surface area contributed by atoms with Crippen LogP contribution in [0.15, 0.2) is 206 Å². The van der Waals surface area contributed by atoms with Gasteiger partial charge in [0.15, 0.2) is 0 Å². The number of hydrogen-bond donors (Lipinski definition) is 0. The van der Waals surface area contributed by atoms with Crippen molar-refractivity contribution in [2.24, 2.45) is 0 Å². The second kappa shape index (κ2) is 21.8. The summed E-state index contributed by atoms with van der Waals surface area (Å²) in [7, 11) is 0. The molecule has 5 heteroatoms. The van der Waals surface area contributed by atoms with E-state index in [0.29, 0.717) is 68.3 Å². The van der Waals surface area contributed by atoms with Gasteiger partial charge in [-0.2, -0.15) is 12.1 Å². The molecular weight excluding hydrogens is 1230 g/mol. The van der Waals surface area contributed by atoms with Crippen LogP contribution in [0, 0.1) is 18.8 Å². The first-order chi connectivity index (χ1) is 47.2. The van der Waals surface area contributed by atoms with Crippen LogP contribution < -0.4 is 14.5 Å². The van der Waals surface area contributed by atoms with Crippen molar-refractivity contribution >= 4 is 44.6 Å². The Morgan fingerprint density at radius 2 is 1.07 bits per heavy atom. The number of benzene rings is 10.